The standard InChI is InChI=1S/C55H96O6/c1-4-7-10-13-16-19-22-25-27-30-33-36-39-42-45-48-54(57)60-51-52(50-59-53(56)47-44-41-38-35-32-29-24-21-18-15-12-9-6-3)61-55(58)49-46-43-40-37-34-31-28-26-23-20-17-14-11-8-5-2/h8,11,16-17,19-20,25-28,52H,4-7,9-10,12-15,18,21-24,29-51H2,1-3H3/b11-8-,19-16-,20-17-,27-25-,28-26-/t52-/m0/s1. The van der Waals surface area contributed by atoms with Crippen molar-refractivity contribution in [3.63, 3.8) is 0 Å². The summed E-state index contributed by atoms with van der Waals surface area (Å²) in [6.45, 7) is 6.48. The first-order valence-corrected chi connectivity index (χ1v) is 25.8. The van der Waals surface area contributed by atoms with E-state index in [0.717, 1.165) is 116 Å². The van der Waals surface area contributed by atoms with Crippen LogP contribution in [0.15, 0.2) is 60.8 Å². The van der Waals surface area contributed by atoms with Crippen molar-refractivity contribution in [2.24, 2.45) is 0 Å². The van der Waals surface area contributed by atoms with Gasteiger partial charge in [0.1, 0.15) is 13.2 Å². The Kier molecular flexibility index (Phi) is 47.4. The van der Waals surface area contributed by atoms with Crippen molar-refractivity contribution in [1.29, 1.82) is 0 Å². The van der Waals surface area contributed by atoms with E-state index in [1.165, 1.54) is 96.3 Å². The number of unbranched alkanes of at least 4 members (excludes halogenated alkanes) is 25. The van der Waals surface area contributed by atoms with E-state index in [0.29, 0.717) is 19.3 Å². The third kappa shape index (κ3) is 48.0. The zero-order chi connectivity index (χ0) is 44.4. The van der Waals surface area contributed by atoms with Crippen molar-refractivity contribution in [1.82, 2.24) is 0 Å². The smallest absolute Gasteiger partial charge is 0.306 e. The minimum absolute atomic E-state index is 0.0841. The number of esters is 3. The van der Waals surface area contributed by atoms with Crippen molar-refractivity contribution in [3.8, 4) is 0 Å². The third-order valence-electron chi connectivity index (χ3n) is 11.0. The van der Waals surface area contributed by atoms with Crippen molar-refractivity contribution in [2.45, 2.75) is 258 Å². The van der Waals surface area contributed by atoms with Gasteiger partial charge >= 0.3 is 17.9 Å². The molecule has 6 heteroatoms. The molecule has 0 aromatic rings. The van der Waals surface area contributed by atoms with Gasteiger partial charge in [-0.15, -0.1) is 0 Å². The predicted molar refractivity (Wildman–Crippen MR) is 261 cm³/mol. The van der Waals surface area contributed by atoms with Gasteiger partial charge in [0, 0.05) is 19.3 Å². The second-order valence-corrected chi connectivity index (χ2v) is 17.1. The van der Waals surface area contributed by atoms with E-state index >= 15 is 0 Å². The fourth-order valence-electron chi connectivity index (χ4n) is 7.13. The molecule has 0 bridgehead atoms. The zero-order valence-electron chi connectivity index (χ0n) is 40.2. The highest BCUT2D eigenvalue weighted by Gasteiger charge is 2.19. The van der Waals surface area contributed by atoms with Crippen LogP contribution in [0.2, 0.25) is 0 Å². The lowest BCUT2D eigenvalue weighted by Crippen LogP contribution is -2.30. The van der Waals surface area contributed by atoms with E-state index in [1.807, 2.05) is 0 Å². The molecule has 0 aliphatic carbocycles. The number of ether oxygens (including phenoxy) is 3. The highest BCUT2D eigenvalue weighted by Crippen LogP contribution is 2.15. The van der Waals surface area contributed by atoms with Gasteiger partial charge in [-0.3, -0.25) is 14.4 Å². The van der Waals surface area contributed by atoms with Gasteiger partial charge in [0.25, 0.3) is 0 Å². The van der Waals surface area contributed by atoms with Gasteiger partial charge in [-0.05, 0) is 83.5 Å². The molecule has 6 nitrogen and oxygen atoms in total. The van der Waals surface area contributed by atoms with Gasteiger partial charge in [0.15, 0.2) is 6.10 Å². The average Bonchev–Trinajstić information content (AvgIpc) is 3.26. The van der Waals surface area contributed by atoms with Crippen LogP contribution in [0.4, 0.5) is 0 Å². The summed E-state index contributed by atoms with van der Waals surface area (Å²) in [6.07, 6.45) is 60.5. The Labute approximate surface area is 377 Å². The van der Waals surface area contributed by atoms with Crippen LogP contribution in [-0.2, 0) is 28.6 Å². The first-order chi connectivity index (χ1) is 30.0. The van der Waals surface area contributed by atoms with Gasteiger partial charge in [0.05, 0.1) is 0 Å². The zero-order valence-corrected chi connectivity index (χ0v) is 40.2. The Morgan fingerprint density at radius 1 is 0.344 bits per heavy atom. The molecule has 61 heavy (non-hydrogen) atoms. The normalized spacial score (nSPS) is 12.5. The van der Waals surface area contributed by atoms with Crippen LogP contribution in [0.3, 0.4) is 0 Å². The molecule has 0 heterocycles. The summed E-state index contributed by atoms with van der Waals surface area (Å²) in [5.74, 6) is -0.911. The summed E-state index contributed by atoms with van der Waals surface area (Å²) in [5, 5.41) is 0. The molecule has 0 aromatic carbocycles. The SMILES string of the molecule is CC/C=C\C/C=C\C/C=C\CCCCCCCC(=O)O[C@H](COC(=O)CCCCCCC/C=C\C/C=C\CCCCC)COC(=O)CCCCCCCCCCCCCCC. The molecule has 0 saturated carbocycles. The van der Waals surface area contributed by atoms with Crippen molar-refractivity contribution in [3.05, 3.63) is 60.8 Å². The molecular weight excluding hydrogens is 757 g/mol. The van der Waals surface area contributed by atoms with Crippen LogP contribution < -0.4 is 0 Å². The van der Waals surface area contributed by atoms with Crippen LogP contribution in [0.25, 0.3) is 0 Å². The monoisotopic (exact) mass is 853 g/mol. The summed E-state index contributed by atoms with van der Waals surface area (Å²) in [6, 6.07) is 0. The van der Waals surface area contributed by atoms with E-state index in [1.54, 1.807) is 0 Å². The van der Waals surface area contributed by atoms with Crippen LogP contribution in [0.1, 0.15) is 252 Å². The quantitative estimate of drug-likeness (QED) is 0.0263. The highest BCUT2D eigenvalue weighted by atomic mass is 16.6. The van der Waals surface area contributed by atoms with Gasteiger partial charge in [-0.2, -0.15) is 0 Å². The molecule has 0 N–H and O–H groups in total. The fraction of sp³-hybridized carbons (Fsp3) is 0.764. The Morgan fingerprint density at radius 3 is 1.03 bits per heavy atom. The Morgan fingerprint density at radius 2 is 0.639 bits per heavy atom. The summed E-state index contributed by atoms with van der Waals surface area (Å²) in [4.78, 5) is 38.0. The second kappa shape index (κ2) is 49.8. The molecule has 0 aliphatic rings. The van der Waals surface area contributed by atoms with Crippen LogP contribution in [0, 0.1) is 0 Å². The molecular formula is C55H96O6. The van der Waals surface area contributed by atoms with Gasteiger partial charge in [-0.25, -0.2) is 0 Å². The van der Waals surface area contributed by atoms with E-state index in [-0.39, 0.29) is 31.1 Å². The van der Waals surface area contributed by atoms with E-state index in [2.05, 4.69) is 81.5 Å². The van der Waals surface area contributed by atoms with Crippen LogP contribution >= 0.6 is 0 Å². The largest absolute Gasteiger partial charge is 0.462 e. The van der Waals surface area contributed by atoms with Crippen molar-refractivity contribution < 1.29 is 28.6 Å². The van der Waals surface area contributed by atoms with Crippen molar-refractivity contribution >= 4 is 17.9 Å². The minimum Gasteiger partial charge on any atom is -0.462 e. The minimum atomic E-state index is -0.786. The number of hydrogen-bond acceptors (Lipinski definition) is 6. The lowest BCUT2D eigenvalue weighted by Gasteiger charge is -2.18. The predicted octanol–water partition coefficient (Wildman–Crippen LogP) is 16.9. The van der Waals surface area contributed by atoms with Gasteiger partial charge < -0.3 is 14.2 Å². The lowest BCUT2D eigenvalue weighted by molar-refractivity contribution is -0.167. The van der Waals surface area contributed by atoms with E-state index in [9.17, 15) is 14.4 Å². The van der Waals surface area contributed by atoms with Crippen LogP contribution in [0.5, 0.6) is 0 Å². The molecule has 0 aliphatic heterocycles. The Hall–Kier alpha value is -2.89. The summed E-state index contributed by atoms with van der Waals surface area (Å²) in [5.41, 5.74) is 0. The first-order valence-electron chi connectivity index (χ1n) is 25.8. The van der Waals surface area contributed by atoms with E-state index < -0.39 is 6.10 Å². The molecule has 1 atom stereocenters. The molecule has 0 rings (SSSR count). The third-order valence-corrected chi connectivity index (χ3v) is 11.0. The molecule has 0 spiro atoms. The molecule has 0 amide bonds. The molecule has 0 radical (unpaired) electrons. The molecule has 0 fully saturated rings. The maximum Gasteiger partial charge on any atom is 0.306 e. The molecule has 0 unspecified atom stereocenters. The molecule has 0 aromatic heterocycles. The number of carbonyl (C=O) groups excluding carboxylic acids is 3. The number of allylic oxidation sites excluding steroid dienone is 10. The lowest BCUT2D eigenvalue weighted by atomic mass is 10.0. The fourth-order valence-corrected chi connectivity index (χ4v) is 7.13. The van der Waals surface area contributed by atoms with Gasteiger partial charge in [0.2, 0.25) is 0 Å². The topological polar surface area (TPSA) is 78.9 Å². The second-order valence-electron chi connectivity index (χ2n) is 17.1. The average molecular weight is 853 g/mol. The summed E-state index contributed by atoms with van der Waals surface area (Å²) in [7, 11) is 0. The van der Waals surface area contributed by atoms with Crippen LogP contribution in [-0.4, -0.2) is 37.2 Å². The number of rotatable bonds is 46. The van der Waals surface area contributed by atoms with E-state index in [4.69, 9.17) is 14.2 Å². The first kappa shape index (κ1) is 58.1. The highest BCUT2D eigenvalue weighted by molar-refractivity contribution is 5.71. The Balaban J connectivity index is 4.42. The Bertz CT molecular complexity index is 1120. The van der Waals surface area contributed by atoms with Crippen molar-refractivity contribution in [2.75, 3.05) is 13.2 Å². The molecule has 352 valence electrons. The molecule has 0 saturated heterocycles. The number of carbonyl (C=O) groups is 3. The maximum absolute atomic E-state index is 12.8. The van der Waals surface area contributed by atoms with Gasteiger partial charge in [-0.1, -0.05) is 210 Å². The maximum atomic E-state index is 12.8. The number of hydrogen-bond donors (Lipinski definition) is 0. The summed E-state index contributed by atoms with van der Waals surface area (Å²) >= 11 is 0. The summed E-state index contributed by atoms with van der Waals surface area (Å²) < 4.78 is 16.8.